The Kier molecular flexibility index (Phi) is 8.89. The van der Waals surface area contributed by atoms with E-state index < -0.39 is 10.1 Å². The molecule has 1 heterocycles. The molecule has 7 heteroatoms. The average Bonchev–Trinajstić information content (AvgIpc) is 3.08. The van der Waals surface area contributed by atoms with Gasteiger partial charge in [-0.2, -0.15) is 8.42 Å². The Balaban J connectivity index is 1.41. The molecule has 0 spiro atoms. The first-order chi connectivity index (χ1) is 22.0. The van der Waals surface area contributed by atoms with E-state index in [4.69, 9.17) is 18.6 Å². The summed E-state index contributed by atoms with van der Waals surface area (Å²) in [7, 11) is -4.01. The molecule has 5 aromatic carbocycles. The van der Waals surface area contributed by atoms with Gasteiger partial charge < -0.3 is 13.7 Å². The van der Waals surface area contributed by atoms with Crippen molar-refractivity contribution in [2.45, 2.75) is 25.0 Å². The fraction of sp³-hybridized carbons (Fsp3) is 0.0789. The predicted octanol–water partition coefficient (Wildman–Crippen LogP) is 8.65. The summed E-state index contributed by atoms with van der Waals surface area (Å²) in [4.78, 5) is 4.85. The molecule has 1 aromatic heterocycles. The van der Waals surface area contributed by atoms with Crippen LogP contribution in [0.4, 0.5) is 0 Å². The van der Waals surface area contributed by atoms with Crippen LogP contribution in [0.1, 0.15) is 16.7 Å². The number of ether oxygens (including phenoxy) is 2. The molecule has 0 bridgehead atoms. The fourth-order valence-corrected chi connectivity index (χ4v) is 5.76. The van der Waals surface area contributed by atoms with Crippen LogP contribution in [-0.4, -0.2) is 13.4 Å². The van der Waals surface area contributed by atoms with E-state index in [9.17, 15) is 8.42 Å². The standard InChI is InChI=1S/C38H31NO5S/c1-28-17-23-34(24-18-28)45(40,41)44-33-21-19-32(20-22-33)36-37(42-26-29-11-5-2-6-12-29)35(31-15-9-4-10-16-31)25-39-38(36)43-27-30-13-7-3-8-14-30/h2-25H,26-27H2,1H3. The monoisotopic (exact) mass is 613 g/mol. The number of rotatable bonds is 11. The zero-order valence-electron chi connectivity index (χ0n) is 24.7. The van der Waals surface area contributed by atoms with Crippen molar-refractivity contribution in [1.29, 1.82) is 0 Å². The molecular weight excluding hydrogens is 582 g/mol. The van der Waals surface area contributed by atoms with E-state index >= 15 is 0 Å². The van der Waals surface area contributed by atoms with Crippen LogP contribution in [0.2, 0.25) is 0 Å². The quantitative estimate of drug-likeness (QED) is 0.136. The number of nitrogens with zero attached hydrogens (tertiary/aromatic N) is 1. The molecule has 0 aliphatic heterocycles. The van der Waals surface area contributed by atoms with Crippen LogP contribution >= 0.6 is 0 Å². The first-order valence-electron chi connectivity index (χ1n) is 14.5. The van der Waals surface area contributed by atoms with Crippen LogP contribution in [0, 0.1) is 6.92 Å². The van der Waals surface area contributed by atoms with Crippen molar-refractivity contribution in [2.75, 3.05) is 0 Å². The van der Waals surface area contributed by atoms with Crippen LogP contribution in [0.3, 0.4) is 0 Å². The molecular formula is C38H31NO5S. The third kappa shape index (κ3) is 7.22. The Morgan fingerprint density at radius 2 is 1.16 bits per heavy atom. The molecule has 6 nitrogen and oxygen atoms in total. The van der Waals surface area contributed by atoms with E-state index in [2.05, 4.69) is 0 Å². The Bertz CT molecular complexity index is 1960. The summed E-state index contributed by atoms with van der Waals surface area (Å²) in [5, 5.41) is 0. The highest BCUT2D eigenvalue weighted by Crippen LogP contribution is 2.44. The van der Waals surface area contributed by atoms with Gasteiger partial charge >= 0.3 is 10.1 Å². The van der Waals surface area contributed by atoms with Gasteiger partial charge in [-0.3, -0.25) is 0 Å². The molecule has 0 amide bonds. The molecule has 0 atom stereocenters. The third-order valence-corrected chi connectivity index (χ3v) is 8.45. The molecule has 6 aromatic rings. The number of benzene rings is 5. The SMILES string of the molecule is Cc1ccc(S(=O)(=O)Oc2ccc(-c3c(OCc4ccccc4)ncc(-c4ccccc4)c3OCc3ccccc3)cc2)cc1. The van der Waals surface area contributed by atoms with E-state index in [0.29, 0.717) is 30.4 Å². The maximum Gasteiger partial charge on any atom is 0.339 e. The molecule has 45 heavy (non-hydrogen) atoms. The lowest BCUT2D eigenvalue weighted by molar-refractivity contribution is 0.284. The maximum absolute atomic E-state index is 12.9. The van der Waals surface area contributed by atoms with Crippen LogP contribution < -0.4 is 13.7 Å². The highest BCUT2D eigenvalue weighted by Gasteiger charge is 2.22. The molecule has 0 N–H and O–H groups in total. The van der Waals surface area contributed by atoms with Crippen LogP contribution in [-0.2, 0) is 23.3 Å². The molecule has 0 radical (unpaired) electrons. The Morgan fingerprint density at radius 3 is 1.76 bits per heavy atom. The number of aryl methyl sites for hydroxylation is 1. The Hall–Kier alpha value is -5.40. The zero-order chi connectivity index (χ0) is 31.1. The van der Waals surface area contributed by atoms with E-state index in [1.807, 2.05) is 97.9 Å². The summed E-state index contributed by atoms with van der Waals surface area (Å²) in [5.74, 6) is 1.18. The van der Waals surface area contributed by atoms with Gasteiger partial charge in [0.2, 0.25) is 5.88 Å². The van der Waals surface area contributed by atoms with Gasteiger partial charge in [-0.25, -0.2) is 4.98 Å². The van der Waals surface area contributed by atoms with E-state index in [-0.39, 0.29) is 10.6 Å². The topological polar surface area (TPSA) is 74.7 Å². The molecule has 0 unspecified atom stereocenters. The summed E-state index contributed by atoms with van der Waals surface area (Å²) in [6.45, 7) is 2.53. The number of aromatic nitrogens is 1. The van der Waals surface area contributed by atoms with Crippen molar-refractivity contribution in [1.82, 2.24) is 4.98 Å². The van der Waals surface area contributed by atoms with Crippen LogP contribution in [0.15, 0.2) is 151 Å². The van der Waals surface area contributed by atoms with Gasteiger partial charge in [-0.15, -0.1) is 0 Å². The lowest BCUT2D eigenvalue weighted by atomic mass is 9.99. The number of hydrogen-bond donors (Lipinski definition) is 0. The second-order valence-electron chi connectivity index (χ2n) is 10.5. The van der Waals surface area contributed by atoms with Crippen molar-refractivity contribution < 1.29 is 22.1 Å². The molecule has 0 fully saturated rings. The maximum atomic E-state index is 12.9. The smallest absolute Gasteiger partial charge is 0.339 e. The molecule has 0 saturated heterocycles. The lowest BCUT2D eigenvalue weighted by Gasteiger charge is -2.20. The molecule has 0 saturated carbocycles. The Morgan fingerprint density at radius 1 is 0.600 bits per heavy atom. The van der Waals surface area contributed by atoms with Crippen molar-refractivity contribution in [2.24, 2.45) is 0 Å². The van der Waals surface area contributed by atoms with Gasteiger partial charge in [-0.05, 0) is 53.4 Å². The van der Waals surface area contributed by atoms with Gasteiger partial charge in [-0.1, -0.05) is 121 Å². The molecule has 0 aliphatic carbocycles. The first-order valence-corrected chi connectivity index (χ1v) is 15.9. The van der Waals surface area contributed by atoms with Crippen molar-refractivity contribution in [3.8, 4) is 39.6 Å². The molecule has 0 aliphatic rings. The minimum atomic E-state index is -4.01. The van der Waals surface area contributed by atoms with E-state index in [1.165, 1.54) is 12.1 Å². The second kappa shape index (κ2) is 13.5. The van der Waals surface area contributed by atoms with Crippen molar-refractivity contribution in [3.05, 3.63) is 162 Å². The van der Waals surface area contributed by atoms with Gasteiger partial charge in [0.1, 0.15) is 29.6 Å². The highest BCUT2D eigenvalue weighted by molar-refractivity contribution is 7.87. The molecule has 6 rings (SSSR count). The molecule has 224 valence electrons. The summed E-state index contributed by atoms with van der Waals surface area (Å²) in [5.41, 5.74) is 6.08. The summed E-state index contributed by atoms with van der Waals surface area (Å²) in [6, 6.07) is 43.1. The fourth-order valence-electron chi connectivity index (χ4n) is 4.83. The van der Waals surface area contributed by atoms with Crippen LogP contribution in [0.5, 0.6) is 17.4 Å². The van der Waals surface area contributed by atoms with Crippen molar-refractivity contribution >= 4 is 10.1 Å². The lowest BCUT2D eigenvalue weighted by Crippen LogP contribution is -2.09. The zero-order valence-corrected chi connectivity index (χ0v) is 25.5. The minimum Gasteiger partial charge on any atom is -0.487 e. The van der Waals surface area contributed by atoms with Crippen LogP contribution in [0.25, 0.3) is 22.3 Å². The second-order valence-corrected chi connectivity index (χ2v) is 12.0. The summed E-state index contributed by atoms with van der Waals surface area (Å²) < 4.78 is 44.3. The number of pyridine rings is 1. The van der Waals surface area contributed by atoms with E-state index in [1.54, 1.807) is 42.6 Å². The normalized spacial score (nSPS) is 11.1. The van der Waals surface area contributed by atoms with Crippen molar-refractivity contribution in [3.63, 3.8) is 0 Å². The average molecular weight is 614 g/mol. The largest absolute Gasteiger partial charge is 0.487 e. The van der Waals surface area contributed by atoms with Gasteiger partial charge in [0.05, 0.1) is 5.56 Å². The third-order valence-electron chi connectivity index (χ3n) is 7.18. The summed E-state index contributed by atoms with van der Waals surface area (Å²) >= 11 is 0. The van der Waals surface area contributed by atoms with E-state index in [0.717, 1.165) is 33.4 Å². The highest BCUT2D eigenvalue weighted by atomic mass is 32.2. The van der Waals surface area contributed by atoms with Gasteiger partial charge in [0.15, 0.2) is 0 Å². The van der Waals surface area contributed by atoms with Gasteiger partial charge in [0, 0.05) is 11.8 Å². The van der Waals surface area contributed by atoms with Gasteiger partial charge in [0.25, 0.3) is 0 Å². The summed E-state index contributed by atoms with van der Waals surface area (Å²) in [6.07, 6.45) is 1.77. The first kappa shape index (κ1) is 29.7. The number of hydrogen-bond acceptors (Lipinski definition) is 6. The minimum absolute atomic E-state index is 0.0881. The predicted molar refractivity (Wildman–Crippen MR) is 176 cm³/mol. The Labute approximate surface area is 263 Å².